The van der Waals surface area contributed by atoms with Gasteiger partial charge in [0.1, 0.15) is 5.82 Å². The largest absolute Gasteiger partial charge is 0.330 e. The summed E-state index contributed by atoms with van der Waals surface area (Å²) in [5, 5.41) is 12.2. The zero-order valence-electron chi connectivity index (χ0n) is 21.2. The van der Waals surface area contributed by atoms with Crippen molar-refractivity contribution in [2.24, 2.45) is 5.92 Å². The Bertz CT molecular complexity index is 1550. The summed E-state index contributed by atoms with van der Waals surface area (Å²) >= 11 is 5.88. The molecule has 0 unspecified atom stereocenters. The van der Waals surface area contributed by atoms with Crippen LogP contribution in [-0.2, 0) is 9.59 Å². The highest BCUT2D eigenvalue weighted by molar-refractivity contribution is 6.31. The number of benzene rings is 2. The van der Waals surface area contributed by atoms with Gasteiger partial charge >= 0.3 is 0 Å². The minimum atomic E-state index is -0.882. The Kier molecular flexibility index (Phi) is 7.45. The average molecular weight is 547 g/mol. The molecule has 1 N–H and O–H groups in total. The topological polar surface area (TPSA) is 86.1 Å². The predicted molar refractivity (Wildman–Crippen MR) is 144 cm³/mol. The molecular formula is C30H25ClF2N4O2. The van der Waals surface area contributed by atoms with Gasteiger partial charge in [-0.05, 0) is 72.9 Å². The van der Waals surface area contributed by atoms with Crippen LogP contribution in [0.4, 0.5) is 14.5 Å². The van der Waals surface area contributed by atoms with E-state index in [4.69, 9.17) is 11.6 Å². The number of rotatable bonds is 2. The van der Waals surface area contributed by atoms with E-state index in [2.05, 4.69) is 16.4 Å². The SMILES string of the molecule is C[C@@H]1CCC[C@H](N2CCC(c3c(F)ccc(Cl)c3F)=CC2=O)c2cc(ccn2)-c2cc(C#N)ccc2NC1=O. The number of carbonyl (C=O) groups excluding carboxylic acids is 2. The molecule has 9 heteroatoms. The first kappa shape index (κ1) is 26.5. The Hall–Kier alpha value is -4.09. The van der Waals surface area contributed by atoms with Crippen molar-refractivity contribution in [1.29, 1.82) is 5.26 Å². The minimum Gasteiger partial charge on any atom is -0.330 e. The zero-order valence-corrected chi connectivity index (χ0v) is 21.9. The fourth-order valence-corrected chi connectivity index (χ4v) is 5.37. The number of hydrogen-bond acceptors (Lipinski definition) is 4. The van der Waals surface area contributed by atoms with Crippen LogP contribution >= 0.6 is 11.6 Å². The van der Waals surface area contributed by atoms with Crippen LogP contribution in [0.5, 0.6) is 0 Å². The maximum absolute atomic E-state index is 14.7. The summed E-state index contributed by atoms with van der Waals surface area (Å²) in [6, 6.07) is 12.7. The van der Waals surface area contributed by atoms with Gasteiger partial charge in [0.15, 0.2) is 5.82 Å². The van der Waals surface area contributed by atoms with E-state index in [0.29, 0.717) is 41.8 Å². The monoisotopic (exact) mass is 546 g/mol. The first-order valence-corrected chi connectivity index (χ1v) is 13.1. The van der Waals surface area contributed by atoms with Gasteiger partial charge in [0, 0.05) is 36.0 Å². The molecule has 2 aliphatic heterocycles. The summed E-state index contributed by atoms with van der Waals surface area (Å²) in [7, 11) is 0. The van der Waals surface area contributed by atoms with Crippen molar-refractivity contribution >= 4 is 34.7 Å². The quantitative estimate of drug-likeness (QED) is 0.364. The highest BCUT2D eigenvalue weighted by Gasteiger charge is 2.31. The van der Waals surface area contributed by atoms with E-state index in [1.165, 1.54) is 6.08 Å². The second-order valence-corrected chi connectivity index (χ2v) is 10.3. The molecule has 5 rings (SSSR count). The smallest absolute Gasteiger partial charge is 0.247 e. The summed E-state index contributed by atoms with van der Waals surface area (Å²) in [5.74, 6) is -2.44. The lowest BCUT2D eigenvalue weighted by Crippen LogP contribution is -2.38. The highest BCUT2D eigenvalue weighted by Crippen LogP contribution is 2.37. The number of aromatic nitrogens is 1. The van der Waals surface area contributed by atoms with Gasteiger partial charge in [-0.3, -0.25) is 14.6 Å². The number of anilines is 1. The van der Waals surface area contributed by atoms with Gasteiger partial charge in [-0.25, -0.2) is 8.78 Å². The maximum Gasteiger partial charge on any atom is 0.247 e. The third kappa shape index (κ3) is 5.27. The van der Waals surface area contributed by atoms with Crippen molar-refractivity contribution in [3.8, 4) is 17.2 Å². The lowest BCUT2D eigenvalue weighted by molar-refractivity contribution is -0.129. The van der Waals surface area contributed by atoms with E-state index < -0.39 is 17.7 Å². The second kappa shape index (κ2) is 11.0. The molecule has 2 amide bonds. The van der Waals surface area contributed by atoms with E-state index in [1.54, 1.807) is 35.4 Å². The number of nitrogens with one attached hydrogen (secondary N) is 1. The molecule has 0 saturated carbocycles. The van der Waals surface area contributed by atoms with Gasteiger partial charge < -0.3 is 10.2 Å². The van der Waals surface area contributed by atoms with Crippen LogP contribution in [0.1, 0.15) is 55.5 Å². The van der Waals surface area contributed by atoms with Crippen LogP contribution in [0.25, 0.3) is 16.7 Å². The Labute approximate surface area is 229 Å². The zero-order chi connectivity index (χ0) is 27.7. The normalized spacial score (nSPS) is 19.7. The summed E-state index contributed by atoms with van der Waals surface area (Å²) in [6.45, 7) is 2.09. The molecule has 198 valence electrons. The van der Waals surface area contributed by atoms with Crippen molar-refractivity contribution in [3.05, 3.63) is 88.2 Å². The molecule has 0 saturated heterocycles. The van der Waals surface area contributed by atoms with Gasteiger partial charge in [-0.1, -0.05) is 24.9 Å². The van der Waals surface area contributed by atoms with Crippen LogP contribution in [-0.4, -0.2) is 28.2 Å². The number of pyridine rings is 1. The lowest BCUT2D eigenvalue weighted by atomic mass is 9.92. The van der Waals surface area contributed by atoms with Gasteiger partial charge in [-0.2, -0.15) is 5.26 Å². The van der Waals surface area contributed by atoms with Crippen molar-refractivity contribution in [2.45, 2.75) is 38.6 Å². The summed E-state index contributed by atoms with van der Waals surface area (Å²) in [5.41, 5.74) is 3.09. The van der Waals surface area contributed by atoms with E-state index in [0.717, 1.165) is 17.7 Å². The molecule has 39 heavy (non-hydrogen) atoms. The summed E-state index contributed by atoms with van der Waals surface area (Å²) in [4.78, 5) is 32.6. The molecule has 0 radical (unpaired) electrons. The molecule has 0 spiro atoms. The first-order chi connectivity index (χ1) is 18.8. The van der Waals surface area contributed by atoms with E-state index in [9.17, 15) is 23.6 Å². The fourth-order valence-electron chi connectivity index (χ4n) is 5.21. The molecule has 3 heterocycles. The van der Waals surface area contributed by atoms with Gasteiger partial charge in [-0.15, -0.1) is 0 Å². The fraction of sp³-hybridized carbons (Fsp3) is 0.267. The Morgan fingerprint density at radius 1 is 1.13 bits per heavy atom. The average Bonchev–Trinajstić information content (AvgIpc) is 2.93. The van der Waals surface area contributed by atoms with Crippen molar-refractivity contribution in [3.63, 3.8) is 0 Å². The molecule has 0 aliphatic carbocycles. The number of halogens is 3. The van der Waals surface area contributed by atoms with E-state index in [-0.39, 0.29) is 46.9 Å². The minimum absolute atomic E-state index is 0.125. The van der Waals surface area contributed by atoms with Gasteiger partial charge in [0.25, 0.3) is 0 Å². The first-order valence-electron chi connectivity index (χ1n) is 12.7. The standard InChI is InChI=1S/C30H25ClF2N4O2/c1-17-3-2-4-26(37-12-10-20(15-27(37)38)28-23(32)7-6-22(31)29(28)33)25-14-19(9-11-35-25)21-13-18(16-34)5-8-24(21)36-30(17)39/h5-9,11,13-15,17,26H,2-4,10,12H2,1H3,(H,36,39)/t17-,26+/m1/s1. The van der Waals surface area contributed by atoms with Crippen molar-refractivity contribution in [1.82, 2.24) is 9.88 Å². The number of hydrogen-bond donors (Lipinski definition) is 1. The van der Waals surface area contributed by atoms with Crippen LogP contribution in [0, 0.1) is 28.9 Å². The summed E-state index contributed by atoms with van der Waals surface area (Å²) in [6.07, 6.45) is 4.95. The Morgan fingerprint density at radius 3 is 2.72 bits per heavy atom. The van der Waals surface area contributed by atoms with E-state index >= 15 is 0 Å². The molecule has 2 atom stereocenters. The van der Waals surface area contributed by atoms with Gasteiger partial charge in [0.2, 0.25) is 11.8 Å². The third-order valence-corrected chi connectivity index (χ3v) is 7.64. The molecular weight excluding hydrogens is 522 g/mol. The van der Waals surface area contributed by atoms with Crippen molar-refractivity contribution < 1.29 is 18.4 Å². The van der Waals surface area contributed by atoms with Crippen LogP contribution in [0.2, 0.25) is 5.02 Å². The molecule has 1 aromatic heterocycles. The third-order valence-electron chi connectivity index (χ3n) is 7.35. The van der Waals surface area contributed by atoms with Crippen LogP contribution in [0.15, 0.2) is 54.7 Å². The van der Waals surface area contributed by atoms with Crippen LogP contribution in [0.3, 0.4) is 0 Å². The Balaban J connectivity index is 1.55. The predicted octanol–water partition coefficient (Wildman–Crippen LogP) is 6.67. The maximum atomic E-state index is 14.7. The molecule has 6 nitrogen and oxygen atoms in total. The lowest BCUT2D eigenvalue weighted by Gasteiger charge is -2.34. The highest BCUT2D eigenvalue weighted by atomic mass is 35.5. The molecule has 2 bridgehead atoms. The molecule has 0 fully saturated rings. The number of nitrogens with zero attached hydrogens (tertiary/aromatic N) is 3. The van der Waals surface area contributed by atoms with Crippen LogP contribution < -0.4 is 5.32 Å². The number of nitriles is 1. The Morgan fingerprint density at radius 2 is 1.95 bits per heavy atom. The van der Waals surface area contributed by atoms with E-state index in [1.807, 2.05) is 13.0 Å². The number of fused-ring (bicyclic) bond motifs is 4. The summed E-state index contributed by atoms with van der Waals surface area (Å²) < 4.78 is 29.2. The molecule has 2 aliphatic rings. The van der Waals surface area contributed by atoms with Crippen molar-refractivity contribution in [2.75, 3.05) is 11.9 Å². The molecule has 3 aromatic rings. The number of amides is 2. The second-order valence-electron chi connectivity index (χ2n) is 9.85. The van der Waals surface area contributed by atoms with Gasteiger partial charge in [0.05, 0.1) is 34.0 Å². The molecule has 2 aromatic carbocycles. The number of carbonyl (C=O) groups is 2.